The Morgan fingerprint density at radius 1 is 1.15 bits per heavy atom. The molecule has 1 aromatic heterocycles. The van der Waals surface area contributed by atoms with Crippen molar-refractivity contribution < 1.29 is 13.2 Å². The summed E-state index contributed by atoms with van der Waals surface area (Å²) < 4.78 is 30.0. The molecule has 1 aliphatic carbocycles. The van der Waals surface area contributed by atoms with Gasteiger partial charge in [-0.1, -0.05) is 55.1 Å². The van der Waals surface area contributed by atoms with Crippen LogP contribution in [0.5, 0.6) is 0 Å². The largest absolute Gasteiger partial charge is 0.307 e. The Morgan fingerprint density at radius 2 is 1.91 bits per heavy atom. The summed E-state index contributed by atoms with van der Waals surface area (Å²) in [6.07, 6.45) is 8.72. The standard InChI is InChI=1S/C25H27ClN4O3S/c1-2-17-29(23-14-7-6-13-22(23)26)34(32,33)21-12-8-9-19(18-21)25(31)28-24-15-16-27-30(24)20-10-4-3-5-11-20/h2,6-9,12-16,18,20H,1,3-5,10-11,17H2,(H,28,31). The Kier molecular flexibility index (Phi) is 7.38. The molecule has 34 heavy (non-hydrogen) atoms. The summed E-state index contributed by atoms with van der Waals surface area (Å²) in [6.45, 7) is 3.71. The van der Waals surface area contributed by atoms with Gasteiger partial charge in [-0.2, -0.15) is 5.10 Å². The molecular weight excluding hydrogens is 472 g/mol. The second-order valence-corrected chi connectivity index (χ2v) is 10.5. The molecule has 1 heterocycles. The van der Waals surface area contributed by atoms with E-state index in [0.717, 1.165) is 25.7 Å². The van der Waals surface area contributed by atoms with E-state index >= 15 is 0 Å². The molecule has 1 saturated carbocycles. The molecule has 0 atom stereocenters. The molecule has 0 spiro atoms. The first-order valence-electron chi connectivity index (χ1n) is 11.2. The number of hydrogen-bond donors (Lipinski definition) is 1. The van der Waals surface area contributed by atoms with E-state index in [4.69, 9.17) is 11.6 Å². The highest BCUT2D eigenvalue weighted by Gasteiger charge is 2.27. The number of rotatable bonds is 8. The third-order valence-electron chi connectivity index (χ3n) is 5.93. The Hall–Kier alpha value is -3.10. The summed E-state index contributed by atoms with van der Waals surface area (Å²) in [5.41, 5.74) is 0.575. The van der Waals surface area contributed by atoms with Crippen LogP contribution in [0.25, 0.3) is 0 Å². The maximum atomic E-state index is 13.5. The van der Waals surface area contributed by atoms with Crippen LogP contribution in [0.2, 0.25) is 5.02 Å². The number of amides is 1. The Bertz CT molecular complexity index is 1280. The monoisotopic (exact) mass is 498 g/mol. The molecule has 0 unspecified atom stereocenters. The van der Waals surface area contributed by atoms with Crippen molar-refractivity contribution >= 4 is 39.0 Å². The molecule has 0 radical (unpaired) electrons. The average Bonchev–Trinajstić information content (AvgIpc) is 3.32. The number of halogens is 1. The SMILES string of the molecule is C=CCN(c1ccccc1Cl)S(=O)(=O)c1cccc(C(=O)Nc2ccnn2C2CCCCC2)c1. The van der Waals surface area contributed by atoms with Crippen molar-refractivity contribution in [3.8, 4) is 0 Å². The van der Waals surface area contributed by atoms with E-state index < -0.39 is 15.9 Å². The van der Waals surface area contributed by atoms with Gasteiger partial charge in [-0.25, -0.2) is 13.1 Å². The van der Waals surface area contributed by atoms with Crippen LogP contribution >= 0.6 is 11.6 Å². The van der Waals surface area contributed by atoms with Crippen molar-refractivity contribution in [1.82, 2.24) is 9.78 Å². The van der Waals surface area contributed by atoms with E-state index in [2.05, 4.69) is 17.0 Å². The number of hydrogen-bond acceptors (Lipinski definition) is 4. The van der Waals surface area contributed by atoms with Gasteiger partial charge < -0.3 is 5.32 Å². The van der Waals surface area contributed by atoms with Crippen LogP contribution in [0.3, 0.4) is 0 Å². The molecule has 0 aliphatic heterocycles. The smallest absolute Gasteiger partial charge is 0.264 e. The summed E-state index contributed by atoms with van der Waals surface area (Å²) >= 11 is 6.28. The fourth-order valence-electron chi connectivity index (χ4n) is 4.24. The zero-order chi connectivity index (χ0) is 24.1. The second kappa shape index (κ2) is 10.4. The number of para-hydroxylation sites is 1. The number of carbonyl (C=O) groups is 1. The second-order valence-electron chi connectivity index (χ2n) is 8.21. The van der Waals surface area contributed by atoms with E-state index in [1.54, 1.807) is 48.7 Å². The number of anilines is 2. The van der Waals surface area contributed by atoms with Gasteiger partial charge >= 0.3 is 0 Å². The predicted molar refractivity (Wildman–Crippen MR) is 135 cm³/mol. The fraction of sp³-hybridized carbons (Fsp3) is 0.280. The molecule has 178 valence electrons. The lowest BCUT2D eigenvalue weighted by molar-refractivity contribution is 0.102. The molecule has 4 rings (SSSR count). The summed E-state index contributed by atoms with van der Waals surface area (Å²) in [6, 6.07) is 14.7. The van der Waals surface area contributed by atoms with Crippen LogP contribution in [0.15, 0.2) is 78.3 Å². The van der Waals surface area contributed by atoms with Gasteiger partial charge in [-0.3, -0.25) is 9.10 Å². The van der Waals surface area contributed by atoms with Gasteiger partial charge in [0.2, 0.25) is 0 Å². The van der Waals surface area contributed by atoms with Gasteiger partial charge in [0.25, 0.3) is 15.9 Å². The van der Waals surface area contributed by atoms with Crippen molar-refractivity contribution in [2.24, 2.45) is 0 Å². The highest BCUT2D eigenvalue weighted by atomic mass is 35.5. The fourth-order valence-corrected chi connectivity index (χ4v) is 6.03. The highest BCUT2D eigenvalue weighted by Crippen LogP contribution is 2.32. The molecular formula is C25H27ClN4O3S. The summed E-state index contributed by atoms with van der Waals surface area (Å²) in [7, 11) is -4.00. The lowest BCUT2D eigenvalue weighted by Gasteiger charge is -2.24. The summed E-state index contributed by atoms with van der Waals surface area (Å²) in [5.74, 6) is 0.206. The topological polar surface area (TPSA) is 84.3 Å². The normalized spacial score (nSPS) is 14.5. The maximum Gasteiger partial charge on any atom is 0.264 e. The third kappa shape index (κ3) is 5.03. The Morgan fingerprint density at radius 3 is 2.65 bits per heavy atom. The van der Waals surface area contributed by atoms with Gasteiger partial charge in [0.1, 0.15) is 5.82 Å². The lowest BCUT2D eigenvalue weighted by Crippen LogP contribution is -2.31. The molecule has 1 aliphatic rings. The van der Waals surface area contributed by atoms with Crippen LogP contribution in [-0.4, -0.2) is 30.7 Å². The van der Waals surface area contributed by atoms with Crippen LogP contribution in [0.1, 0.15) is 48.5 Å². The first-order valence-corrected chi connectivity index (χ1v) is 13.1. The zero-order valence-electron chi connectivity index (χ0n) is 18.7. The average molecular weight is 499 g/mol. The minimum Gasteiger partial charge on any atom is -0.307 e. The van der Waals surface area contributed by atoms with Gasteiger partial charge in [0.15, 0.2) is 0 Å². The Labute approximate surface area is 205 Å². The number of nitrogens with zero attached hydrogens (tertiary/aromatic N) is 3. The molecule has 1 fully saturated rings. The van der Waals surface area contributed by atoms with E-state index in [1.807, 2.05) is 4.68 Å². The van der Waals surface area contributed by atoms with Gasteiger partial charge in [-0.15, -0.1) is 6.58 Å². The van der Waals surface area contributed by atoms with E-state index in [1.165, 1.54) is 28.9 Å². The van der Waals surface area contributed by atoms with Crippen LogP contribution in [-0.2, 0) is 10.0 Å². The number of sulfonamides is 1. The minimum absolute atomic E-state index is 0.0114. The van der Waals surface area contributed by atoms with Gasteiger partial charge in [0, 0.05) is 11.6 Å². The maximum absolute atomic E-state index is 13.5. The molecule has 9 heteroatoms. The predicted octanol–water partition coefficient (Wildman–Crippen LogP) is 5.68. The molecule has 3 aromatic rings. The Balaban J connectivity index is 1.60. The first-order chi connectivity index (χ1) is 16.4. The summed E-state index contributed by atoms with van der Waals surface area (Å²) in [4.78, 5) is 13.0. The minimum atomic E-state index is -4.00. The van der Waals surface area contributed by atoms with Crippen LogP contribution < -0.4 is 9.62 Å². The molecule has 7 nitrogen and oxygen atoms in total. The molecule has 0 bridgehead atoms. The zero-order valence-corrected chi connectivity index (χ0v) is 20.3. The number of nitrogens with one attached hydrogen (secondary N) is 1. The lowest BCUT2D eigenvalue weighted by atomic mass is 9.96. The van der Waals surface area contributed by atoms with E-state index in [9.17, 15) is 13.2 Å². The molecule has 1 amide bonds. The first kappa shape index (κ1) is 24.0. The third-order valence-corrected chi connectivity index (χ3v) is 8.03. The number of aromatic nitrogens is 2. The quantitative estimate of drug-likeness (QED) is 0.405. The number of benzene rings is 2. The van der Waals surface area contributed by atoms with Gasteiger partial charge in [-0.05, 0) is 43.2 Å². The number of carbonyl (C=O) groups excluding carboxylic acids is 1. The van der Waals surface area contributed by atoms with Crippen LogP contribution in [0.4, 0.5) is 11.5 Å². The van der Waals surface area contributed by atoms with Gasteiger partial charge in [0.05, 0.1) is 34.4 Å². The molecule has 2 aromatic carbocycles. The van der Waals surface area contributed by atoms with Crippen molar-refractivity contribution in [3.05, 3.63) is 84.0 Å². The van der Waals surface area contributed by atoms with E-state index in [-0.39, 0.29) is 23.0 Å². The van der Waals surface area contributed by atoms with Crippen molar-refractivity contribution in [2.75, 3.05) is 16.2 Å². The van der Waals surface area contributed by atoms with E-state index in [0.29, 0.717) is 16.5 Å². The van der Waals surface area contributed by atoms with Crippen LogP contribution in [0, 0.1) is 0 Å². The van der Waals surface area contributed by atoms with Crippen molar-refractivity contribution in [1.29, 1.82) is 0 Å². The molecule has 0 saturated heterocycles. The highest BCUT2D eigenvalue weighted by molar-refractivity contribution is 7.92. The van der Waals surface area contributed by atoms with Crippen molar-refractivity contribution in [3.63, 3.8) is 0 Å². The van der Waals surface area contributed by atoms with Crippen molar-refractivity contribution in [2.45, 2.75) is 43.0 Å². The summed E-state index contributed by atoms with van der Waals surface area (Å²) in [5, 5.41) is 7.60. The molecule has 1 N–H and O–H groups in total.